The first-order chi connectivity index (χ1) is 6.09. The van der Waals surface area contributed by atoms with E-state index in [0.717, 1.165) is 6.20 Å². The molecule has 1 aromatic heterocycles. The summed E-state index contributed by atoms with van der Waals surface area (Å²) in [5.41, 5.74) is 5.73. The molecule has 0 saturated heterocycles. The molecule has 0 aliphatic carbocycles. The first kappa shape index (κ1) is 9.60. The highest BCUT2D eigenvalue weighted by molar-refractivity contribution is 5.73. The van der Waals surface area contributed by atoms with E-state index in [0.29, 0.717) is 5.56 Å². The summed E-state index contributed by atoms with van der Waals surface area (Å²) < 4.78 is 12.6. The predicted molar refractivity (Wildman–Crippen MR) is 43.5 cm³/mol. The second kappa shape index (κ2) is 3.95. The van der Waals surface area contributed by atoms with Gasteiger partial charge in [-0.3, -0.25) is 9.78 Å². The molecule has 0 unspecified atom stereocenters. The minimum atomic E-state index is -1.11. The zero-order chi connectivity index (χ0) is 9.84. The molecule has 0 spiro atoms. The Kier molecular flexibility index (Phi) is 2.92. The summed E-state index contributed by atoms with van der Waals surface area (Å²) in [5.74, 6) is -1.60. The van der Waals surface area contributed by atoms with Gasteiger partial charge in [-0.2, -0.15) is 0 Å². The number of aliphatic carboxylic acids is 1. The molecule has 70 valence electrons. The van der Waals surface area contributed by atoms with Crippen LogP contribution in [0.1, 0.15) is 5.56 Å². The molecule has 5 heteroatoms. The Bertz CT molecular complexity index is 317. The maximum Gasteiger partial charge on any atom is 0.320 e. The third kappa shape index (κ3) is 2.79. The van der Waals surface area contributed by atoms with Crippen LogP contribution >= 0.6 is 0 Å². The highest BCUT2D eigenvalue weighted by Crippen LogP contribution is 2.03. The quantitative estimate of drug-likeness (QED) is 0.702. The first-order valence-corrected chi connectivity index (χ1v) is 3.67. The van der Waals surface area contributed by atoms with E-state index in [1.165, 1.54) is 12.3 Å². The van der Waals surface area contributed by atoms with Crippen molar-refractivity contribution in [1.82, 2.24) is 4.98 Å². The number of pyridine rings is 1. The molecule has 1 aromatic rings. The number of nitrogens with zero attached hydrogens (tertiary/aromatic N) is 1. The highest BCUT2D eigenvalue weighted by Gasteiger charge is 2.12. The molecule has 0 radical (unpaired) electrons. The summed E-state index contributed by atoms with van der Waals surface area (Å²) in [7, 11) is 0. The topological polar surface area (TPSA) is 76.2 Å². The number of rotatable bonds is 3. The number of carbonyl (C=O) groups is 1. The lowest BCUT2D eigenvalue weighted by Crippen LogP contribution is -2.32. The van der Waals surface area contributed by atoms with Crippen molar-refractivity contribution in [2.24, 2.45) is 5.73 Å². The van der Waals surface area contributed by atoms with E-state index in [9.17, 15) is 9.18 Å². The van der Waals surface area contributed by atoms with E-state index < -0.39 is 17.8 Å². The third-order valence-corrected chi connectivity index (χ3v) is 1.53. The van der Waals surface area contributed by atoms with Gasteiger partial charge >= 0.3 is 5.97 Å². The van der Waals surface area contributed by atoms with Gasteiger partial charge in [0.15, 0.2) is 0 Å². The molecule has 13 heavy (non-hydrogen) atoms. The Morgan fingerprint density at radius 1 is 1.69 bits per heavy atom. The summed E-state index contributed by atoms with van der Waals surface area (Å²) in [5, 5.41) is 8.47. The molecule has 0 aliphatic heterocycles. The van der Waals surface area contributed by atoms with Crippen molar-refractivity contribution >= 4 is 5.97 Å². The zero-order valence-electron chi connectivity index (χ0n) is 6.77. The fourth-order valence-electron chi connectivity index (χ4n) is 0.909. The van der Waals surface area contributed by atoms with Crippen molar-refractivity contribution in [2.45, 2.75) is 12.5 Å². The molecule has 1 atom stereocenters. The maximum absolute atomic E-state index is 12.6. The van der Waals surface area contributed by atoms with Gasteiger partial charge in [-0.05, 0) is 18.1 Å². The molecular weight excluding hydrogens is 175 g/mol. The van der Waals surface area contributed by atoms with Crippen LogP contribution in [0.25, 0.3) is 0 Å². The number of nitrogens with two attached hydrogens (primary N) is 1. The number of hydrogen-bond acceptors (Lipinski definition) is 3. The monoisotopic (exact) mass is 184 g/mol. The van der Waals surface area contributed by atoms with E-state index in [1.807, 2.05) is 0 Å². The number of aromatic nitrogens is 1. The predicted octanol–water partition coefficient (Wildman–Crippen LogP) is 0.175. The number of halogens is 1. The molecular formula is C8H9FN2O2. The van der Waals surface area contributed by atoms with Gasteiger partial charge in [0.2, 0.25) is 0 Å². The Morgan fingerprint density at radius 3 is 2.92 bits per heavy atom. The van der Waals surface area contributed by atoms with E-state index in [4.69, 9.17) is 10.8 Å². The average Bonchev–Trinajstić information content (AvgIpc) is 2.04. The van der Waals surface area contributed by atoms with Gasteiger partial charge in [-0.1, -0.05) is 0 Å². The fraction of sp³-hybridized carbons (Fsp3) is 0.250. The first-order valence-electron chi connectivity index (χ1n) is 3.67. The SMILES string of the molecule is N[C@H](Cc1cncc(F)c1)C(=O)O. The molecule has 0 saturated carbocycles. The summed E-state index contributed by atoms with van der Waals surface area (Å²) >= 11 is 0. The smallest absolute Gasteiger partial charge is 0.320 e. The standard InChI is InChI=1S/C8H9FN2O2/c9-6-1-5(3-11-4-6)2-7(10)8(12)13/h1,3-4,7H,2,10H2,(H,12,13)/t7-/m1/s1. The van der Waals surface area contributed by atoms with Crippen LogP contribution in [0.5, 0.6) is 0 Å². The van der Waals surface area contributed by atoms with Gasteiger partial charge in [0.1, 0.15) is 11.9 Å². The van der Waals surface area contributed by atoms with Crippen molar-refractivity contribution in [3.05, 3.63) is 29.8 Å². The molecule has 0 aromatic carbocycles. The van der Waals surface area contributed by atoms with Crippen molar-refractivity contribution in [1.29, 1.82) is 0 Å². The van der Waals surface area contributed by atoms with E-state index >= 15 is 0 Å². The van der Waals surface area contributed by atoms with Crippen LogP contribution in [0, 0.1) is 5.82 Å². The van der Waals surface area contributed by atoms with Crippen molar-refractivity contribution in [3.63, 3.8) is 0 Å². The third-order valence-electron chi connectivity index (χ3n) is 1.53. The zero-order valence-corrected chi connectivity index (χ0v) is 6.77. The summed E-state index contributed by atoms with van der Waals surface area (Å²) in [6, 6.07) is 0.207. The summed E-state index contributed by atoms with van der Waals surface area (Å²) in [4.78, 5) is 13.9. The molecule has 0 bridgehead atoms. The van der Waals surface area contributed by atoms with E-state index in [-0.39, 0.29) is 6.42 Å². The highest BCUT2D eigenvalue weighted by atomic mass is 19.1. The van der Waals surface area contributed by atoms with Crippen LogP contribution in [0.3, 0.4) is 0 Å². The van der Waals surface area contributed by atoms with E-state index in [2.05, 4.69) is 4.98 Å². The Balaban J connectivity index is 2.69. The lowest BCUT2D eigenvalue weighted by molar-refractivity contribution is -0.138. The van der Waals surface area contributed by atoms with Gasteiger partial charge in [-0.25, -0.2) is 4.39 Å². The van der Waals surface area contributed by atoms with Gasteiger partial charge in [0.25, 0.3) is 0 Å². The molecule has 3 N–H and O–H groups in total. The average molecular weight is 184 g/mol. The number of hydrogen-bond donors (Lipinski definition) is 2. The summed E-state index contributed by atoms with van der Waals surface area (Å²) in [6.45, 7) is 0. The summed E-state index contributed by atoms with van der Waals surface area (Å²) in [6.07, 6.45) is 2.53. The molecule has 0 aliphatic rings. The van der Waals surface area contributed by atoms with Gasteiger partial charge in [-0.15, -0.1) is 0 Å². The van der Waals surface area contributed by atoms with Crippen LogP contribution in [0.4, 0.5) is 4.39 Å². The minimum Gasteiger partial charge on any atom is -0.480 e. The van der Waals surface area contributed by atoms with E-state index in [1.54, 1.807) is 0 Å². The van der Waals surface area contributed by atoms with Crippen molar-refractivity contribution in [3.8, 4) is 0 Å². The molecule has 1 rings (SSSR count). The molecule has 0 amide bonds. The molecule has 4 nitrogen and oxygen atoms in total. The van der Waals surface area contributed by atoms with Gasteiger partial charge < -0.3 is 10.8 Å². The number of carboxylic acid groups (broad SMARTS) is 1. The van der Waals surface area contributed by atoms with Crippen LogP contribution in [-0.4, -0.2) is 22.1 Å². The molecule has 0 fully saturated rings. The lowest BCUT2D eigenvalue weighted by atomic mass is 10.1. The van der Waals surface area contributed by atoms with Gasteiger partial charge in [0.05, 0.1) is 6.20 Å². The normalized spacial score (nSPS) is 12.5. The Labute approximate surface area is 74.2 Å². The number of carboxylic acids is 1. The maximum atomic E-state index is 12.6. The van der Waals surface area contributed by atoms with Crippen LogP contribution < -0.4 is 5.73 Å². The molecule has 1 heterocycles. The van der Waals surface area contributed by atoms with Crippen LogP contribution in [0.15, 0.2) is 18.5 Å². The minimum absolute atomic E-state index is 0.0834. The van der Waals surface area contributed by atoms with Crippen LogP contribution in [-0.2, 0) is 11.2 Å². The van der Waals surface area contributed by atoms with Crippen LogP contribution in [0.2, 0.25) is 0 Å². The van der Waals surface area contributed by atoms with Crippen molar-refractivity contribution in [2.75, 3.05) is 0 Å². The second-order valence-corrected chi connectivity index (χ2v) is 2.66. The van der Waals surface area contributed by atoms with Gasteiger partial charge in [0, 0.05) is 6.20 Å². The largest absolute Gasteiger partial charge is 0.480 e. The Morgan fingerprint density at radius 2 is 2.38 bits per heavy atom. The second-order valence-electron chi connectivity index (χ2n) is 2.66. The Hall–Kier alpha value is -1.49. The van der Waals surface area contributed by atoms with Crippen molar-refractivity contribution < 1.29 is 14.3 Å². The lowest BCUT2D eigenvalue weighted by Gasteiger charge is -2.05. The fourth-order valence-corrected chi connectivity index (χ4v) is 0.909.